The van der Waals surface area contributed by atoms with Crippen LogP contribution in [0.3, 0.4) is 0 Å². The van der Waals surface area contributed by atoms with Gasteiger partial charge in [0.05, 0.1) is 0 Å². The minimum absolute atomic E-state index is 0. The molecule has 10 heavy (non-hydrogen) atoms. The van der Waals surface area contributed by atoms with Crippen LogP contribution in [0.2, 0.25) is 0 Å². The van der Waals surface area contributed by atoms with Crippen LogP contribution in [0, 0.1) is 0 Å². The summed E-state index contributed by atoms with van der Waals surface area (Å²) in [5, 5.41) is 7.37. The third-order valence-corrected chi connectivity index (χ3v) is 1.91. The molecule has 0 aliphatic carbocycles. The van der Waals surface area contributed by atoms with Gasteiger partial charge in [0.1, 0.15) is 5.25 Å². The molecular formula is C4H10Na2O2S2. The number of carbonyl (C=O) groups is 1. The van der Waals surface area contributed by atoms with Crippen LogP contribution >= 0.6 is 25.3 Å². The van der Waals surface area contributed by atoms with E-state index in [4.69, 9.17) is 5.11 Å². The molecule has 0 rings (SSSR count). The van der Waals surface area contributed by atoms with Gasteiger partial charge in [-0.15, -0.1) is 0 Å². The van der Waals surface area contributed by atoms with Crippen molar-refractivity contribution in [3.63, 3.8) is 0 Å². The summed E-state index contributed by atoms with van der Waals surface area (Å²) in [5.74, 6) is -0.921. The molecule has 0 aromatic heterocycles. The zero-order chi connectivity index (χ0) is 6.73. The van der Waals surface area contributed by atoms with Crippen LogP contribution in [0.15, 0.2) is 0 Å². The van der Waals surface area contributed by atoms with E-state index in [2.05, 4.69) is 25.3 Å². The third-order valence-electron chi connectivity index (χ3n) is 0.710. The molecule has 0 spiro atoms. The summed E-state index contributed by atoms with van der Waals surface area (Å²) in [6, 6.07) is 0. The molecule has 0 aromatic rings. The predicted molar refractivity (Wildman–Crippen MR) is 53.2 cm³/mol. The molecule has 0 saturated carbocycles. The quantitative estimate of drug-likeness (QED) is 0.411. The number of aliphatic carboxylic acids is 1. The fourth-order valence-electron chi connectivity index (χ4n) is 0.206. The van der Waals surface area contributed by atoms with E-state index in [-0.39, 0.29) is 64.4 Å². The van der Waals surface area contributed by atoms with Crippen LogP contribution in [0.1, 0.15) is 6.92 Å². The maximum absolute atomic E-state index is 10.0. The van der Waals surface area contributed by atoms with Crippen molar-refractivity contribution in [3.8, 4) is 0 Å². The van der Waals surface area contributed by atoms with Crippen LogP contribution in [0.25, 0.3) is 0 Å². The molecule has 2 atom stereocenters. The normalized spacial score (nSPS) is 13.9. The van der Waals surface area contributed by atoms with Gasteiger partial charge in [0.25, 0.3) is 0 Å². The Labute approximate surface area is 116 Å². The Morgan fingerprint density at radius 2 is 1.70 bits per heavy atom. The Hall–Kier alpha value is 2.17. The van der Waals surface area contributed by atoms with E-state index < -0.39 is 11.2 Å². The van der Waals surface area contributed by atoms with E-state index >= 15 is 0 Å². The molecule has 0 fully saturated rings. The molecule has 0 aliphatic heterocycles. The predicted octanol–water partition coefficient (Wildman–Crippen LogP) is -0.609. The molecule has 0 amide bonds. The van der Waals surface area contributed by atoms with Gasteiger partial charge >= 0.3 is 65.1 Å². The van der Waals surface area contributed by atoms with Crippen molar-refractivity contribution in [2.75, 3.05) is 0 Å². The van der Waals surface area contributed by atoms with Crippen molar-refractivity contribution in [2.45, 2.75) is 17.4 Å². The van der Waals surface area contributed by atoms with Crippen LogP contribution in [-0.4, -0.2) is 80.7 Å². The van der Waals surface area contributed by atoms with Crippen LogP contribution in [-0.2, 0) is 4.79 Å². The summed E-state index contributed by atoms with van der Waals surface area (Å²) in [6.07, 6.45) is 0. The van der Waals surface area contributed by atoms with Crippen molar-refractivity contribution in [3.05, 3.63) is 0 Å². The van der Waals surface area contributed by atoms with Gasteiger partial charge in [0.15, 0.2) is 0 Å². The fraction of sp³-hybridized carbons (Fsp3) is 0.750. The average molecular weight is 200 g/mol. The van der Waals surface area contributed by atoms with Gasteiger partial charge in [-0.3, -0.25) is 4.79 Å². The van der Waals surface area contributed by atoms with E-state index in [1.54, 1.807) is 6.92 Å². The average Bonchev–Trinajstić information content (AvgIpc) is 1.64. The van der Waals surface area contributed by atoms with Crippen molar-refractivity contribution in [1.29, 1.82) is 0 Å². The first kappa shape index (κ1) is 18.1. The standard InChI is InChI=1S/C4H8O2S2.2Na.2H/c1-2(7)3(8)4(5)6;;;;/h2-3,7-8H,1H3,(H,5,6);;;;. The number of hydrogen-bond acceptors (Lipinski definition) is 3. The summed E-state index contributed by atoms with van der Waals surface area (Å²) in [5.41, 5.74) is 0. The number of rotatable bonds is 2. The zero-order valence-electron chi connectivity index (χ0n) is 4.40. The maximum atomic E-state index is 10.0. The first-order valence-electron chi connectivity index (χ1n) is 2.14. The van der Waals surface area contributed by atoms with E-state index in [0.29, 0.717) is 0 Å². The molecule has 2 nitrogen and oxygen atoms in total. The number of carboxylic acid groups (broad SMARTS) is 1. The van der Waals surface area contributed by atoms with Gasteiger partial charge in [-0.05, 0) is 0 Å². The van der Waals surface area contributed by atoms with Crippen LogP contribution in [0.4, 0.5) is 0 Å². The Bertz CT molecular complexity index is 99.3. The molecule has 0 heterocycles. The van der Waals surface area contributed by atoms with Gasteiger partial charge < -0.3 is 5.11 Å². The minimum atomic E-state index is -0.921. The summed E-state index contributed by atoms with van der Waals surface area (Å²) >= 11 is 7.62. The van der Waals surface area contributed by atoms with Crippen molar-refractivity contribution < 1.29 is 9.90 Å². The Kier molecular flexibility index (Phi) is 16.7. The molecule has 0 bridgehead atoms. The topological polar surface area (TPSA) is 37.3 Å². The second-order valence-electron chi connectivity index (χ2n) is 1.52. The Morgan fingerprint density at radius 1 is 1.40 bits per heavy atom. The van der Waals surface area contributed by atoms with Crippen LogP contribution in [0.5, 0.6) is 0 Å². The number of hydrogen-bond donors (Lipinski definition) is 3. The zero-order valence-corrected chi connectivity index (χ0v) is 6.19. The van der Waals surface area contributed by atoms with Crippen molar-refractivity contribution in [2.24, 2.45) is 0 Å². The summed E-state index contributed by atoms with van der Waals surface area (Å²) in [7, 11) is 0. The molecular weight excluding hydrogens is 190 g/mol. The van der Waals surface area contributed by atoms with Gasteiger partial charge in [-0.1, -0.05) is 6.92 Å². The fourth-order valence-corrected chi connectivity index (χ4v) is 0.334. The molecule has 0 aliphatic rings. The van der Waals surface area contributed by atoms with E-state index in [0.717, 1.165) is 0 Å². The molecule has 0 radical (unpaired) electrons. The Morgan fingerprint density at radius 3 is 1.70 bits per heavy atom. The second-order valence-corrected chi connectivity index (χ2v) is 2.89. The third kappa shape index (κ3) is 8.27. The molecule has 0 aromatic carbocycles. The summed E-state index contributed by atoms with van der Waals surface area (Å²) < 4.78 is 0. The van der Waals surface area contributed by atoms with Gasteiger partial charge in [0.2, 0.25) is 0 Å². The summed E-state index contributed by atoms with van der Waals surface area (Å²) in [4.78, 5) is 10.0. The van der Waals surface area contributed by atoms with Gasteiger partial charge in [-0.25, -0.2) is 0 Å². The molecule has 2 unspecified atom stereocenters. The van der Waals surface area contributed by atoms with Crippen LogP contribution < -0.4 is 0 Å². The monoisotopic (exact) mass is 200 g/mol. The van der Waals surface area contributed by atoms with Gasteiger partial charge in [0, 0.05) is 5.25 Å². The van der Waals surface area contributed by atoms with Crippen molar-refractivity contribution >= 4 is 90.3 Å². The van der Waals surface area contributed by atoms with E-state index in [1.165, 1.54) is 0 Å². The SMILES string of the molecule is CC(S)C(S)C(=O)O.[NaH].[NaH]. The first-order valence-corrected chi connectivity index (χ1v) is 3.18. The van der Waals surface area contributed by atoms with E-state index in [9.17, 15) is 4.79 Å². The van der Waals surface area contributed by atoms with Gasteiger partial charge in [-0.2, -0.15) is 25.3 Å². The number of thiol groups is 2. The number of carboxylic acids is 1. The molecule has 0 saturated heterocycles. The van der Waals surface area contributed by atoms with E-state index in [1.807, 2.05) is 0 Å². The first-order chi connectivity index (χ1) is 3.55. The second kappa shape index (κ2) is 9.26. The molecule has 1 N–H and O–H groups in total. The molecule has 6 heteroatoms. The molecule has 52 valence electrons. The summed E-state index contributed by atoms with van der Waals surface area (Å²) in [6.45, 7) is 1.69. The van der Waals surface area contributed by atoms with Crippen molar-refractivity contribution in [1.82, 2.24) is 0 Å². The Balaban J connectivity index is -0.000000245.